The molecule has 82 valence electrons. The Morgan fingerprint density at radius 2 is 2.31 bits per heavy atom. The van der Waals surface area contributed by atoms with Crippen LogP contribution in [0, 0.1) is 0 Å². The number of carbonyl (C=O) groups excluding carboxylic acids is 1. The summed E-state index contributed by atoms with van der Waals surface area (Å²) in [6.45, 7) is 1.78. The lowest BCUT2D eigenvalue weighted by Crippen LogP contribution is -2.01. The van der Waals surface area contributed by atoms with Crippen LogP contribution < -0.4 is 0 Å². The molecular weight excluding hydrogens is 226 g/mol. The SMILES string of the molecule is CC(=NOC(=O)c1ccco1)c1cccs1. The van der Waals surface area contributed by atoms with Gasteiger partial charge in [-0.25, -0.2) is 4.79 Å². The summed E-state index contributed by atoms with van der Waals surface area (Å²) < 4.78 is 4.88. The number of hydrogen-bond acceptors (Lipinski definition) is 5. The first-order chi connectivity index (χ1) is 7.77. The zero-order chi connectivity index (χ0) is 11.4. The van der Waals surface area contributed by atoms with Crippen molar-refractivity contribution in [1.82, 2.24) is 0 Å². The Morgan fingerprint density at radius 1 is 1.44 bits per heavy atom. The lowest BCUT2D eigenvalue weighted by Gasteiger charge is -1.96. The van der Waals surface area contributed by atoms with E-state index in [0.717, 1.165) is 4.88 Å². The van der Waals surface area contributed by atoms with Crippen LogP contribution in [0.15, 0.2) is 45.5 Å². The molecule has 0 amide bonds. The molecule has 0 aliphatic carbocycles. The Balaban J connectivity index is 2.02. The summed E-state index contributed by atoms with van der Waals surface area (Å²) >= 11 is 1.53. The lowest BCUT2D eigenvalue weighted by molar-refractivity contribution is 0.0480. The molecule has 4 nitrogen and oxygen atoms in total. The maximum atomic E-state index is 11.4. The third-order valence-corrected chi connectivity index (χ3v) is 2.84. The van der Waals surface area contributed by atoms with Crippen molar-refractivity contribution < 1.29 is 14.0 Å². The number of nitrogens with zero attached hydrogens (tertiary/aromatic N) is 1. The molecule has 0 aliphatic rings. The van der Waals surface area contributed by atoms with Gasteiger partial charge in [0.1, 0.15) is 0 Å². The second kappa shape index (κ2) is 4.76. The van der Waals surface area contributed by atoms with Gasteiger partial charge in [-0.3, -0.25) is 0 Å². The molecule has 0 bridgehead atoms. The Morgan fingerprint density at radius 3 is 2.94 bits per heavy atom. The van der Waals surface area contributed by atoms with Crippen molar-refractivity contribution in [3.63, 3.8) is 0 Å². The molecule has 2 heterocycles. The monoisotopic (exact) mass is 235 g/mol. The van der Waals surface area contributed by atoms with Gasteiger partial charge in [-0.1, -0.05) is 11.2 Å². The first-order valence-electron chi connectivity index (χ1n) is 4.60. The molecule has 16 heavy (non-hydrogen) atoms. The third-order valence-electron chi connectivity index (χ3n) is 1.87. The fourth-order valence-corrected chi connectivity index (χ4v) is 1.75. The maximum Gasteiger partial charge on any atom is 0.400 e. The summed E-state index contributed by atoms with van der Waals surface area (Å²) in [5, 5.41) is 5.67. The van der Waals surface area contributed by atoms with E-state index in [1.165, 1.54) is 23.7 Å². The molecule has 0 aliphatic heterocycles. The van der Waals surface area contributed by atoms with Crippen molar-refractivity contribution in [2.75, 3.05) is 0 Å². The van der Waals surface area contributed by atoms with Crippen LogP contribution in [0.25, 0.3) is 0 Å². The topological polar surface area (TPSA) is 51.8 Å². The average molecular weight is 235 g/mol. The minimum atomic E-state index is -0.596. The first-order valence-corrected chi connectivity index (χ1v) is 5.48. The molecule has 0 N–H and O–H groups in total. The van der Waals surface area contributed by atoms with Crippen molar-refractivity contribution >= 4 is 23.0 Å². The standard InChI is InChI=1S/C11H9NO3S/c1-8(10-5-3-7-16-10)12-15-11(13)9-4-2-6-14-9/h2-7H,1H3. The highest BCUT2D eigenvalue weighted by molar-refractivity contribution is 7.12. The number of hydrogen-bond donors (Lipinski definition) is 0. The van der Waals surface area contributed by atoms with Gasteiger partial charge in [0, 0.05) is 0 Å². The van der Waals surface area contributed by atoms with E-state index in [1.54, 1.807) is 13.0 Å². The Labute approximate surface area is 96.1 Å². The van der Waals surface area contributed by atoms with Crippen LogP contribution in [0.1, 0.15) is 22.4 Å². The molecule has 0 fully saturated rings. The second-order valence-electron chi connectivity index (χ2n) is 3.01. The Hall–Kier alpha value is -1.88. The zero-order valence-corrected chi connectivity index (χ0v) is 9.36. The van der Waals surface area contributed by atoms with Crippen molar-refractivity contribution in [3.8, 4) is 0 Å². The van der Waals surface area contributed by atoms with Gasteiger partial charge in [-0.2, -0.15) is 0 Å². The third kappa shape index (κ3) is 2.38. The minimum Gasteiger partial charge on any atom is -0.457 e. The number of furan rings is 1. The molecule has 0 atom stereocenters. The van der Waals surface area contributed by atoms with Crippen LogP contribution in [-0.4, -0.2) is 11.7 Å². The predicted molar refractivity (Wildman–Crippen MR) is 60.7 cm³/mol. The largest absolute Gasteiger partial charge is 0.457 e. The fourth-order valence-electron chi connectivity index (χ4n) is 1.08. The van der Waals surface area contributed by atoms with Crippen LogP contribution in [0.2, 0.25) is 0 Å². The summed E-state index contributed by atoms with van der Waals surface area (Å²) in [7, 11) is 0. The van der Waals surface area contributed by atoms with E-state index in [4.69, 9.17) is 9.25 Å². The van der Waals surface area contributed by atoms with Crippen LogP contribution in [0.3, 0.4) is 0 Å². The van der Waals surface area contributed by atoms with E-state index in [2.05, 4.69) is 5.16 Å². The molecule has 5 heteroatoms. The van der Waals surface area contributed by atoms with Crippen LogP contribution in [0.5, 0.6) is 0 Å². The Bertz CT molecular complexity index is 485. The van der Waals surface area contributed by atoms with E-state index in [0.29, 0.717) is 5.71 Å². The van der Waals surface area contributed by atoms with Crippen LogP contribution in [-0.2, 0) is 4.84 Å². The van der Waals surface area contributed by atoms with Gasteiger partial charge in [-0.05, 0) is 30.5 Å². The average Bonchev–Trinajstić information content (AvgIpc) is 2.95. The highest BCUT2D eigenvalue weighted by atomic mass is 32.1. The highest BCUT2D eigenvalue weighted by Gasteiger charge is 2.10. The van der Waals surface area contributed by atoms with Crippen molar-refractivity contribution in [2.45, 2.75) is 6.92 Å². The zero-order valence-electron chi connectivity index (χ0n) is 8.54. The number of carbonyl (C=O) groups is 1. The van der Waals surface area contributed by atoms with Gasteiger partial charge < -0.3 is 9.25 Å². The van der Waals surface area contributed by atoms with Crippen LogP contribution >= 0.6 is 11.3 Å². The predicted octanol–water partition coefficient (Wildman–Crippen LogP) is 2.92. The lowest BCUT2D eigenvalue weighted by atomic mass is 10.3. The molecular formula is C11H9NO3S. The second-order valence-corrected chi connectivity index (χ2v) is 3.96. The molecule has 2 rings (SSSR count). The van der Waals surface area contributed by atoms with Gasteiger partial charge in [-0.15, -0.1) is 11.3 Å². The molecule has 0 unspecified atom stereocenters. The molecule has 2 aromatic rings. The normalized spacial score (nSPS) is 11.4. The first kappa shape index (κ1) is 10.6. The molecule has 0 aromatic carbocycles. The molecule has 0 saturated heterocycles. The van der Waals surface area contributed by atoms with Crippen molar-refractivity contribution in [3.05, 3.63) is 46.5 Å². The maximum absolute atomic E-state index is 11.4. The van der Waals surface area contributed by atoms with E-state index in [-0.39, 0.29) is 5.76 Å². The van der Waals surface area contributed by atoms with Gasteiger partial charge in [0.05, 0.1) is 16.9 Å². The summed E-state index contributed by atoms with van der Waals surface area (Å²) in [5.74, 6) is -0.455. The number of oxime groups is 1. The van der Waals surface area contributed by atoms with Crippen molar-refractivity contribution in [2.24, 2.45) is 5.16 Å². The van der Waals surface area contributed by atoms with Gasteiger partial charge in [0.25, 0.3) is 0 Å². The Kier molecular flexibility index (Phi) is 3.16. The summed E-state index contributed by atoms with van der Waals surface area (Å²) in [4.78, 5) is 17.1. The van der Waals surface area contributed by atoms with Crippen LogP contribution in [0.4, 0.5) is 0 Å². The summed E-state index contributed by atoms with van der Waals surface area (Å²) in [5.41, 5.74) is 0.662. The summed E-state index contributed by atoms with van der Waals surface area (Å²) in [6, 6.07) is 6.96. The van der Waals surface area contributed by atoms with E-state index >= 15 is 0 Å². The van der Waals surface area contributed by atoms with Gasteiger partial charge in [0.2, 0.25) is 5.76 Å². The summed E-state index contributed by atoms with van der Waals surface area (Å²) in [6.07, 6.45) is 1.41. The fraction of sp³-hybridized carbons (Fsp3) is 0.0909. The smallest absolute Gasteiger partial charge is 0.400 e. The number of thiophene rings is 1. The molecule has 0 spiro atoms. The van der Waals surface area contributed by atoms with Gasteiger partial charge >= 0.3 is 5.97 Å². The molecule has 0 radical (unpaired) electrons. The van der Waals surface area contributed by atoms with E-state index < -0.39 is 5.97 Å². The van der Waals surface area contributed by atoms with Crippen molar-refractivity contribution in [1.29, 1.82) is 0 Å². The molecule has 0 saturated carbocycles. The van der Waals surface area contributed by atoms with Gasteiger partial charge in [0.15, 0.2) is 0 Å². The highest BCUT2D eigenvalue weighted by Crippen LogP contribution is 2.10. The molecule has 2 aromatic heterocycles. The number of rotatable bonds is 3. The van der Waals surface area contributed by atoms with E-state index in [9.17, 15) is 4.79 Å². The minimum absolute atomic E-state index is 0.141. The quantitative estimate of drug-likeness (QED) is 0.467. The van der Waals surface area contributed by atoms with E-state index in [1.807, 2.05) is 17.5 Å².